The molecule has 3 aromatic carbocycles. The first kappa shape index (κ1) is 22.9. The topological polar surface area (TPSA) is 70.2 Å². The lowest BCUT2D eigenvalue weighted by Crippen LogP contribution is -3.17. The molecule has 0 radical (unpaired) electrons. The van der Waals surface area contributed by atoms with Gasteiger partial charge in [0.2, 0.25) is 6.73 Å². The van der Waals surface area contributed by atoms with Crippen molar-refractivity contribution in [2.24, 2.45) is 5.92 Å². The molecule has 1 unspecified atom stereocenters. The van der Waals surface area contributed by atoms with E-state index in [1.54, 1.807) is 0 Å². The van der Waals surface area contributed by atoms with Gasteiger partial charge in [0, 0.05) is 17.4 Å². The number of quaternary nitrogens is 1. The third-order valence-corrected chi connectivity index (χ3v) is 6.46. The van der Waals surface area contributed by atoms with Gasteiger partial charge in [-0.3, -0.25) is 4.90 Å². The quantitative estimate of drug-likeness (QED) is 0.341. The van der Waals surface area contributed by atoms with Crippen LogP contribution >= 0.6 is 0 Å². The van der Waals surface area contributed by atoms with Crippen LogP contribution in [-0.2, 0) is 22.7 Å². The van der Waals surface area contributed by atoms with Crippen molar-refractivity contribution >= 4 is 16.9 Å². The SMILES string of the molecule is CC(C)[C@@H](C(=O)OCc1ccccc1)[NH+]1COc2ccc3c(-c4ccccc4)cc(=O)oc3c2C1. The highest BCUT2D eigenvalue weighted by molar-refractivity contribution is 5.95. The Labute approximate surface area is 203 Å². The highest BCUT2D eigenvalue weighted by atomic mass is 16.5. The third kappa shape index (κ3) is 4.70. The Hall–Kier alpha value is -3.90. The van der Waals surface area contributed by atoms with Crippen LogP contribution in [0, 0.1) is 5.92 Å². The lowest BCUT2D eigenvalue weighted by Gasteiger charge is -2.33. The molecule has 1 aromatic heterocycles. The molecule has 2 atom stereocenters. The van der Waals surface area contributed by atoms with Crippen LogP contribution in [0.1, 0.15) is 25.0 Å². The summed E-state index contributed by atoms with van der Waals surface area (Å²) in [5, 5.41) is 0.840. The minimum Gasteiger partial charge on any atom is -0.456 e. The molecule has 6 heteroatoms. The second-order valence-corrected chi connectivity index (χ2v) is 9.20. The van der Waals surface area contributed by atoms with E-state index in [0.717, 1.165) is 32.5 Å². The zero-order valence-electron chi connectivity index (χ0n) is 19.8. The van der Waals surface area contributed by atoms with Gasteiger partial charge in [-0.2, -0.15) is 0 Å². The van der Waals surface area contributed by atoms with Gasteiger partial charge in [-0.05, 0) is 28.8 Å². The molecular formula is C29H28NO5+. The standard InChI is InChI=1S/C29H27NO5/c1-19(2)27(29(32)33-17-20-9-5-3-6-10-20)30-16-24-25(34-18-30)14-13-22-23(15-26(31)35-28(22)24)21-11-7-4-8-12-21/h3-15,19,27H,16-18H2,1-2H3/p+1/t27-/m0/s1. The highest BCUT2D eigenvalue weighted by Gasteiger charge is 2.38. The van der Waals surface area contributed by atoms with E-state index in [1.807, 2.05) is 86.6 Å². The third-order valence-electron chi connectivity index (χ3n) is 6.46. The van der Waals surface area contributed by atoms with Crippen LogP contribution in [0.15, 0.2) is 88.1 Å². The van der Waals surface area contributed by atoms with E-state index in [4.69, 9.17) is 13.9 Å². The molecule has 0 amide bonds. The second-order valence-electron chi connectivity index (χ2n) is 9.20. The molecule has 1 aliphatic rings. The van der Waals surface area contributed by atoms with Crippen molar-refractivity contribution in [1.82, 2.24) is 0 Å². The van der Waals surface area contributed by atoms with Crippen molar-refractivity contribution in [2.75, 3.05) is 6.73 Å². The van der Waals surface area contributed by atoms with Crippen LogP contribution < -0.4 is 15.3 Å². The fraction of sp³-hybridized carbons (Fsp3) is 0.241. The first-order valence-electron chi connectivity index (χ1n) is 11.8. The first-order chi connectivity index (χ1) is 17.0. The number of hydrogen-bond acceptors (Lipinski definition) is 5. The molecule has 0 aliphatic carbocycles. The summed E-state index contributed by atoms with van der Waals surface area (Å²) in [6.45, 7) is 5.05. The average molecular weight is 471 g/mol. The van der Waals surface area contributed by atoms with E-state index < -0.39 is 11.7 Å². The Morgan fingerprint density at radius 2 is 1.71 bits per heavy atom. The summed E-state index contributed by atoms with van der Waals surface area (Å²) in [7, 11) is 0. The molecule has 0 fully saturated rings. The Kier molecular flexibility index (Phi) is 6.38. The molecule has 0 saturated heterocycles. The maximum Gasteiger partial charge on any atom is 0.365 e. The number of benzene rings is 3. The molecule has 6 nitrogen and oxygen atoms in total. The molecule has 1 N–H and O–H groups in total. The lowest BCUT2D eigenvalue weighted by atomic mass is 9.97. The Morgan fingerprint density at radius 1 is 1.00 bits per heavy atom. The lowest BCUT2D eigenvalue weighted by molar-refractivity contribution is -0.951. The van der Waals surface area contributed by atoms with Crippen LogP contribution in [0.25, 0.3) is 22.1 Å². The van der Waals surface area contributed by atoms with Crippen molar-refractivity contribution in [3.63, 3.8) is 0 Å². The van der Waals surface area contributed by atoms with Crippen molar-refractivity contribution in [3.05, 3.63) is 100 Å². The molecule has 0 bridgehead atoms. The zero-order chi connectivity index (χ0) is 24.4. The van der Waals surface area contributed by atoms with Crippen LogP contribution in [-0.4, -0.2) is 18.7 Å². The zero-order valence-corrected chi connectivity index (χ0v) is 19.8. The summed E-state index contributed by atoms with van der Waals surface area (Å²) in [6, 6.07) is 24.4. The van der Waals surface area contributed by atoms with Gasteiger partial charge < -0.3 is 13.9 Å². The van der Waals surface area contributed by atoms with Crippen molar-refractivity contribution in [2.45, 2.75) is 33.0 Å². The van der Waals surface area contributed by atoms with E-state index in [-0.39, 0.29) is 18.5 Å². The maximum atomic E-state index is 13.2. The van der Waals surface area contributed by atoms with Gasteiger partial charge in [0.1, 0.15) is 18.9 Å². The van der Waals surface area contributed by atoms with E-state index in [2.05, 4.69) is 0 Å². The summed E-state index contributed by atoms with van der Waals surface area (Å²) in [4.78, 5) is 26.6. The summed E-state index contributed by atoms with van der Waals surface area (Å²) in [6.07, 6.45) is 0. The van der Waals surface area contributed by atoms with Gasteiger partial charge in [0.05, 0.1) is 5.56 Å². The van der Waals surface area contributed by atoms with Crippen molar-refractivity contribution in [3.8, 4) is 16.9 Å². The fourth-order valence-corrected chi connectivity index (χ4v) is 4.80. The maximum absolute atomic E-state index is 13.2. The van der Waals surface area contributed by atoms with Crippen molar-refractivity contribution < 1.29 is 23.6 Å². The molecule has 1 aliphatic heterocycles. The van der Waals surface area contributed by atoms with Gasteiger partial charge >= 0.3 is 11.6 Å². The van der Waals surface area contributed by atoms with E-state index in [1.165, 1.54) is 6.07 Å². The minimum absolute atomic E-state index is 0.0280. The number of nitrogens with one attached hydrogen (secondary N) is 1. The van der Waals surface area contributed by atoms with E-state index in [0.29, 0.717) is 24.6 Å². The average Bonchev–Trinajstić information content (AvgIpc) is 2.88. The van der Waals surface area contributed by atoms with Gasteiger partial charge in [0.15, 0.2) is 11.6 Å². The van der Waals surface area contributed by atoms with E-state index >= 15 is 0 Å². The van der Waals surface area contributed by atoms with Crippen LogP contribution in [0.5, 0.6) is 5.75 Å². The summed E-state index contributed by atoms with van der Waals surface area (Å²) in [5.41, 5.74) is 3.58. The number of carbonyl (C=O) groups is 1. The van der Waals surface area contributed by atoms with Gasteiger partial charge in [-0.1, -0.05) is 74.5 Å². The van der Waals surface area contributed by atoms with Crippen molar-refractivity contribution in [1.29, 1.82) is 0 Å². The molecule has 5 rings (SSSR count). The van der Waals surface area contributed by atoms with E-state index in [9.17, 15) is 9.59 Å². The van der Waals surface area contributed by atoms with Crippen LogP contribution in [0.4, 0.5) is 0 Å². The number of esters is 1. The first-order valence-corrected chi connectivity index (χ1v) is 11.8. The molecular weight excluding hydrogens is 442 g/mol. The predicted octanol–water partition coefficient (Wildman–Crippen LogP) is 3.96. The Bertz CT molecular complexity index is 1400. The summed E-state index contributed by atoms with van der Waals surface area (Å²) in [5.74, 6) is 0.438. The Morgan fingerprint density at radius 3 is 2.43 bits per heavy atom. The smallest absolute Gasteiger partial charge is 0.365 e. The Balaban J connectivity index is 1.47. The summed E-state index contributed by atoms with van der Waals surface area (Å²) < 4.78 is 17.5. The van der Waals surface area contributed by atoms with Gasteiger partial charge in [-0.25, -0.2) is 9.59 Å². The monoisotopic (exact) mass is 470 g/mol. The van der Waals surface area contributed by atoms with Crippen LogP contribution in [0.3, 0.4) is 0 Å². The minimum atomic E-state index is -0.425. The molecule has 35 heavy (non-hydrogen) atoms. The summed E-state index contributed by atoms with van der Waals surface area (Å²) >= 11 is 0. The highest BCUT2D eigenvalue weighted by Crippen LogP contribution is 2.34. The van der Waals surface area contributed by atoms with Crippen LogP contribution in [0.2, 0.25) is 0 Å². The number of rotatable bonds is 6. The number of fused-ring (bicyclic) bond motifs is 3. The molecule has 0 spiro atoms. The molecule has 178 valence electrons. The largest absolute Gasteiger partial charge is 0.456 e. The normalized spacial score (nSPS) is 15.9. The fourth-order valence-electron chi connectivity index (χ4n) is 4.80. The van der Waals surface area contributed by atoms with Gasteiger partial charge in [0.25, 0.3) is 0 Å². The molecule has 2 heterocycles. The number of ether oxygens (including phenoxy) is 2. The predicted molar refractivity (Wildman–Crippen MR) is 133 cm³/mol. The second kappa shape index (κ2) is 9.76. The molecule has 4 aromatic rings. The number of carbonyl (C=O) groups excluding carboxylic acids is 1. The number of hydrogen-bond donors (Lipinski definition) is 1. The van der Waals surface area contributed by atoms with Gasteiger partial charge in [-0.15, -0.1) is 0 Å². The molecule has 0 saturated carbocycles.